The van der Waals surface area contributed by atoms with Crippen molar-refractivity contribution in [2.24, 2.45) is 5.92 Å². The van der Waals surface area contributed by atoms with E-state index in [1.165, 1.54) is 12.1 Å². The lowest BCUT2D eigenvalue weighted by atomic mass is 10.1. The van der Waals surface area contributed by atoms with E-state index in [4.69, 9.17) is 9.47 Å². The first-order chi connectivity index (χ1) is 11.3. The summed E-state index contributed by atoms with van der Waals surface area (Å²) in [5.41, 5.74) is -0.348. The first-order valence-corrected chi connectivity index (χ1v) is 7.64. The van der Waals surface area contributed by atoms with Crippen molar-refractivity contribution in [2.45, 2.75) is 33.7 Å². The number of esters is 1. The Morgan fingerprint density at radius 2 is 1.96 bits per heavy atom. The van der Waals surface area contributed by atoms with E-state index in [1.807, 2.05) is 20.8 Å². The number of hydrogen-bond acceptors (Lipinski definition) is 6. The zero-order valence-corrected chi connectivity index (χ0v) is 14.2. The Morgan fingerprint density at radius 1 is 1.29 bits per heavy atom. The van der Waals surface area contributed by atoms with Gasteiger partial charge in [-0.15, -0.1) is 0 Å². The summed E-state index contributed by atoms with van der Waals surface area (Å²) in [4.78, 5) is 34.0. The fourth-order valence-corrected chi connectivity index (χ4v) is 1.74. The van der Waals surface area contributed by atoms with Gasteiger partial charge in [0.2, 0.25) is 0 Å². The molecule has 1 aromatic rings. The van der Waals surface area contributed by atoms with Gasteiger partial charge in [-0.05, 0) is 31.9 Å². The number of nitro groups is 1. The van der Waals surface area contributed by atoms with Gasteiger partial charge < -0.3 is 14.8 Å². The molecule has 0 saturated carbocycles. The van der Waals surface area contributed by atoms with Crippen molar-refractivity contribution in [1.82, 2.24) is 5.32 Å². The average Bonchev–Trinajstić information content (AvgIpc) is 2.52. The Hall–Kier alpha value is -2.64. The van der Waals surface area contributed by atoms with Crippen molar-refractivity contribution >= 4 is 17.6 Å². The smallest absolute Gasteiger partial charge is 0.338 e. The minimum Gasteiger partial charge on any atom is -0.487 e. The van der Waals surface area contributed by atoms with Crippen LogP contribution in [0.5, 0.6) is 5.75 Å². The normalized spacial score (nSPS) is 11.7. The molecule has 0 aliphatic rings. The molecule has 0 saturated heterocycles. The Balaban J connectivity index is 2.73. The highest BCUT2D eigenvalue weighted by Crippen LogP contribution is 2.28. The van der Waals surface area contributed by atoms with Gasteiger partial charge in [0.15, 0.2) is 12.4 Å². The predicted octanol–water partition coefficient (Wildman–Crippen LogP) is 2.31. The summed E-state index contributed by atoms with van der Waals surface area (Å²) in [6.45, 7) is 7.27. The summed E-state index contributed by atoms with van der Waals surface area (Å²) in [5.74, 6) is -0.917. The Labute approximate surface area is 140 Å². The minimum atomic E-state index is -0.812. The molecule has 1 N–H and O–H groups in total. The maximum absolute atomic E-state index is 11.9. The van der Waals surface area contributed by atoms with Crippen molar-refractivity contribution in [1.29, 1.82) is 0 Å². The molecule has 24 heavy (non-hydrogen) atoms. The molecule has 132 valence electrons. The van der Waals surface area contributed by atoms with E-state index in [0.29, 0.717) is 0 Å². The third-order valence-corrected chi connectivity index (χ3v) is 3.41. The van der Waals surface area contributed by atoms with Crippen LogP contribution in [0.3, 0.4) is 0 Å². The predicted molar refractivity (Wildman–Crippen MR) is 87.0 cm³/mol. The van der Waals surface area contributed by atoms with Gasteiger partial charge in [0.25, 0.3) is 5.91 Å². The van der Waals surface area contributed by atoms with E-state index in [1.54, 1.807) is 6.92 Å². The Bertz CT molecular complexity index is 615. The van der Waals surface area contributed by atoms with E-state index in [2.05, 4.69) is 5.32 Å². The van der Waals surface area contributed by atoms with Crippen molar-refractivity contribution in [3.63, 3.8) is 0 Å². The first-order valence-electron chi connectivity index (χ1n) is 7.64. The number of carbonyl (C=O) groups is 2. The third kappa shape index (κ3) is 5.53. The molecule has 8 nitrogen and oxygen atoms in total. The second-order valence-corrected chi connectivity index (χ2v) is 5.55. The fourth-order valence-electron chi connectivity index (χ4n) is 1.74. The number of hydrogen-bond donors (Lipinski definition) is 1. The van der Waals surface area contributed by atoms with E-state index in [-0.39, 0.29) is 35.6 Å². The second kappa shape index (κ2) is 8.85. The standard InChI is InChI=1S/C16H22N2O6/c1-5-23-14-7-6-12(8-13(14)18(21)22)16(20)24-9-15(19)17-11(4)10(2)3/h6-8,10-11H,5,9H2,1-4H3,(H,17,19)/t11-/m0/s1. The number of nitrogens with one attached hydrogen (secondary N) is 1. The van der Waals surface area contributed by atoms with Crippen LogP contribution >= 0.6 is 0 Å². The second-order valence-electron chi connectivity index (χ2n) is 5.55. The fraction of sp³-hybridized carbons (Fsp3) is 0.500. The summed E-state index contributed by atoms with van der Waals surface area (Å²) in [6.07, 6.45) is 0. The molecule has 1 amide bonds. The summed E-state index contributed by atoms with van der Waals surface area (Å²) in [7, 11) is 0. The van der Waals surface area contributed by atoms with E-state index in [0.717, 1.165) is 6.07 Å². The van der Waals surface area contributed by atoms with Gasteiger partial charge in [0, 0.05) is 12.1 Å². The summed E-state index contributed by atoms with van der Waals surface area (Å²) in [5, 5.41) is 13.7. The van der Waals surface area contributed by atoms with Crippen LogP contribution in [0, 0.1) is 16.0 Å². The lowest BCUT2D eigenvalue weighted by Crippen LogP contribution is -2.38. The summed E-state index contributed by atoms with van der Waals surface area (Å²) >= 11 is 0. The molecule has 8 heteroatoms. The van der Waals surface area contributed by atoms with E-state index in [9.17, 15) is 19.7 Å². The molecule has 0 bridgehead atoms. The van der Waals surface area contributed by atoms with Crippen LogP contribution in [0.1, 0.15) is 38.1 Å². The van der Waals surface area contributed by atoms with Gasteiger partial charge in [-0.3, -0.25) is 14.9 Å². The molecule has 0 spiro atoms. The first kappa shape index (κ1) is 19.4. The number of nitrogens with zero attached hydrogens (tertiary/aromatic N) is 1. The molecular formula is C16H22N2O6. The maximum atomic E-state index is 11.9. The van der Waals surface area contributed by atoms with Gasteiger partial charge >= 0.3 is 11.7 Å². The zero-order chi connectivity index (χ0) is 18.3. The number of ether oxygens (including phenoxy) is 2. The van der Waals surface area contributed by atoms with E-state index < -0.39 is 23.4 Å². The van der Waals surface area contributed by atoms with Crippen LogP contribution in [-0.2, 0) is 9.53 Å². The average molecular weight is 338 g/mol. The maximum Gasteiger partial charge on any atom is 0.338 e. The van der Waals surface area contributed by atoms with Crippen molar-refractivity contribution < 1.29 is 24.0 Å². The number of benzene rings is 1. The van der Waals surface area contributed by atoms with Gasteiger partial charge in [0.05, 0.1) is 17.1 Å². The van der Waals surface area contributed by atoms with E-state index >= 15 is 0 Å². The molecule has 0 fully saturated rings. The van der Waals surface area contributed by atoms with Crippen LogP contribution in [0.2, 0.25) is 0 Å². The monoisotopic (exact) mass is 338 g/mol. The topological polar surface area (TPSA) is 108 Å². The van der Waals surface area contributed by atoms with Crippen molar-refractivity contribution in [3.05, 3.63) is 33.9 Å². The van der Waals surface area contributed by atoms with Crippen molar-refractivity contribution in [3.8, 4) is 5.75 Å². The molecule has 1 aromatic carbocycles. The molecule has 0 radical (unpaired) electrons. The largest absolute Gasteiger partial charge is 0.487 e. The van der Waals surface area contributed by atoms with Gasteiger partial charge in [-0.25, -0.2) is 4.79 Å². The molecule has 1 atom stereocenters. The quantitative estimate of drug-likeness (QED) is 0.443. The summed E-state index contributed by atoms with van der Waals surface area (Å²) < 4.78 is 10.0. The van der Waals surface area contributed by atoms with Gasteiger partial charge in [-0.1, -0.05) is 13.8 Å². The molecule has 0 aliphatic carbocycles. The van der Waals surface area contributed by atoms with Crippen LogP contribution in [-0.4, -0.2) is 36.1 Å². The molecule has 0 heterocycles. The Morgan fingerprint density at radius 3 is 2.50 bits per heavy atom. The van der Waals surface area contributed by atoms with Crippen LogP contribution in [0.25, 0.3) is 0 Å². The molecule has 0 unspecified atom stereocenters. The number of carbonyl (C=O) groups excluding carboxylic acids is 2. The van der Waals surface area contributed by atoms with Crippen LogP contribution in [0.15, 0.2) is 18.2 Å². The lowest BCUT2D eigenvalue weighted by Gasteiger charge is -2.17. The number of amides is 1. The zero-order valence-electron chi connectivity index (χ0n) is 14.2. The molecule has 0 aromatic heterocycles. The van der Waals surface area contributed by atoms with Gasteiger partial charge in [0.1, 0.15) is 0 Å². The lowest BCUT2D eigenvalue weighted by molar-refractivity contribution is -0.385. The summed E-state index contributed by atoms with van der Waals surface area (Å²) in [6, 6.07) is 3.71. The van der Waals surface area contributed by atoms with Crippen LogP contribution < -0.4 is 10.1 Å². The highest BCUT2D eigenvalue weighted by atomic mass is 16.6. The highest BCUT2D eigenvalue weighted by Gasteiger charge is 2.20. The third-order valence-electron chi connectivity index (χ3n) is 3.41. The SMILES string of the molecule is CCOc1ccc(C(=O)OCC(=O)N[C@@H](C)C(C)C)cc1[N+](=O)[O-]. The molecular weight excluding hydrogens is 316 g/mol. The van der Waals surface area contributed by atoms with Crippen molar-refractivity contribution in [2.75, 3.05) is 13.2 Å². The Kier molecular flexibility index (Phi) is 7.16. The highest BCUT2D eigenvalue weighted by molar-refractivity contribution is 5.92. The number of nitro benzene ring substituents is 1. The van der Waals surface area contributed by atoms with Gasteiger partial charge in [-0.2, -0.15) is 0 Å². The molecule has 1 rings (SSSR count). The van der Waals surface area contributed by atoms with Crippen LogP contribution in [0.4, 0.5) is 5.69 Å². The number of rotatable bonds is 8. The minimum absolute atomic E-state index is 0.0186. The molecule has 0 aliphatic heterocycles.